The molecule has 122 valence electrons. The van der Waals surface area contributed by atoms with E-state index < -0.39 is 0 Å². The summed E-state index contributed by atoms with van der Waals surface area (Å²) in [7, 11) is 0. The number of carbonyl (C=O) groups is 1. The smallest absolute Gasteiger partial charge is 0.139 e. The summed E-state index contributed by atoms with van der Waals surface area (Å²) in [6.45, 7) is 2.41. The van der Waals surface area contributed by atoms with Gasteiger partial charge in [0.25, 0.3) is 0 Å². The number of Topliss-reactive ketones (excluding diaryl/α,β-unsaturated/α-hetero) is 1. The Balaban J connectivity index is 1.71. The molecule has 3 heteroatoms. The lowest BCUT2D eigenvalue weighted by molar-refractivity contribution is -0.133. The Kier molecular flexibility index (Phi) is 3.32. The summed E-state index contributed by atoms with van der Waals surface area (Å²) in [5.74, 6) is 2.10. The lowest BCUT2D eigenvalue weighted by Crippen LogP contribution is -2.53. The molecule has 0 aromatic heterocycles. The Bertz CT molecular complexity index is 525. The average molecular weight is 304 g/mol. The fourth-order valence-electron chi connectivity index (χ4n) is 6.57. The van der Waals surface area contributed by atoms with Gasteiger partial charge in [0.1, 0.15) is 5.78 Å². The second kappa shape index (κ2) is 4.91. The highest BCUT2D eigenvalue weighted by atomic mass is 16.3. The molecule has 0 radical (unpaired) electrons. The molecular formula is C19H28O3. The van der Waals surface area contributed by atoms with E-state index in [1.165, 1.54) is 5.57 Å². The van der Waals surface area contributed by atoms with Gasteiger partial charge in [-0.3, -0.25) is 4.79 Å². The zero-order chi connectivity index (χ0) is 15.5. The van der Waals surface area contributed by atoms with E-state index >= 15 is 0 Å². The molecule has 4 aliphatic carbocycles. The van der Waals surface area contributed by atoms with E-state index in [0.717, 1.165) is 51.4 Å². The molecule has 4 rings (SSSR count). The molecule has 0 bridgehead atoms. The van der Waals surface area contributed by atoms with Crippen LogP contribution in [0.1, 0.15) is 58.3 Å². The molecule has 0 saturated heterocycles. The van der Waals surface area contributed by atoms with Crippen LogP contribution in [-0.2, 0) is 4.79 Å². The van der Waals surface area contributed by atoms with Gasteiger partial charge in [-0.15, -0.1) is 0 Å². The lowest BCUT2D eigenvalue weighted by Gasteiger charge is -2.57. The number of carbonyl (C=O) groups excluding carboxylic acids is 1. The van der Waals surface area contributed by atoms with Gasteiger partial charge in [0, 0.05) is 17.3 Å². The van der Waals surface area contributed by atoms with Crippen molar-refractivity contribution >= 4 is 5.78 Å². The van der Waals surface area contributed by atoms with Gasteiger partial charge in [-0.25, -0.2) is 0 Å². The van der Waals surface area contributed by atoms with Crippen molar-refractivity contribution < 1.29 is 15.0 Å². The van der Waals surface area contributed by atoms with Gasteiger partial charge in [0.15, 0.2) is 0 Å². The Morgan fingerprint density at radius 2 is 1.95 bits per heavy atom. The second-order valence-electron chi connectivity index (χ2n) is 8.45. The van der Waals surface area contributed by atoms with Crippen molar-refractivity contribution in [3.8, 4) is 0 Å². The predicted molar refractivity (Wildman–Crippen MR) is 84.1 cm³/mol. The summed E-state index contributed by atoms with van der Waals surface area (Å²) in [4.78, 5) is 12.4. The minimum Gasteiger partial charge on any atom is -0.395 e. The van der Waals surface area contributed by atoms with Crippen LogP contribution in [0.2, 0.25) is 0 Å². The Morgan fingerprint density at radius 1 is 1.14 bits per heavy atom. The van der Waals surface area contributed by atoms with E-state index in [-0.39, 0.29) is 23.5 Å². The Hall–Kier alpha value is -0.670. The third-order valence-corrected chi connectivity index (χ3v) is 7.80. The van der Waals surface area contributed by atoms with Crippen LogP contribution in [0.5, 0.6) is 0 Å². The third-order valence-electron chi connectivity index (χ3n) is 7.80. The van der Waals surface area contributed by atoms with Crippen molar-refractivity contribution in [1.82, 2.24) is 0 Å². The van der Waals surface area contributed by atoms with E-state index in [1.54, 1.807) is 0 Å². The molecule has 22 heavy (non-hydrogen) atoms. The number of aliphatic hydroxyl groups is 2. The van der Waals surface area contributed by atoms with Crippen LogP contribution in [-0.4, -0.2) is 28.7 Å². The first kappa shape index (κ1) is 14.9. The molecular weight excluding hydrogens is 276 g/mol. The number of aliphatic hydroxyl groups excluding tert-OH is 2. The lowest BCUT2D eigenvalue weighted by atomic mass is 9.47. The monoisotopic (exact) mass is 304 g/mol. The molecule has 0 aromatic carbocycles. The fraction of sp³-hybridized carbons (Fsp3) is 0.842. The van der Waals surface area contributed by atoms with Gasteiger partial charge in [0.05, 0.1) is 12.7 Å². The van der Waals surface area contributed by atoms with E-state index in [2.05, 4.69) is 6.92 Å². The van der Waals surface area contributed by atoms with Crippen LogP contribution in [0.4, 0.5) is 0 Å². The van der Waals surface area contributed by atoms with Gasteiger partial charge >= 0.3 is 0 Å². The predicted octanol–water partition coefficient (Wildman–Crippen LogP) is 2.85. The molecule has 0 aromatic rings. The molecule has 0 spiro atoms. The Labute approximate surface area is 132 Å². The van der Waals surface area contributed by atoms with Gasteiger partial charge < -0.3 is 10.2 Å². The maximum absolute atomic E-state index is 12.4. The number of hydrogen-bond donors (Lipinski definition) is 2. The number of hydrogen-bond acceptors (Lipinski definition) is 3. The van der Waals surface area contributed by atoms with Crippen LogP contribution < -0.4 is 0 Å². The molecule has 4 aliphatic rings. The minimum atomic E-state index is -0.326. The van der Waals surface area contributed by atoms with Crippen LogP contribution in [0.3, 0.4) is 0 Å². The zero-order valence-electron chi connectivity index (χ0n) is 13.6. The van der Waals surface area contributed by atoms with Crippen molar-refractivity contribution in [3.63, 3.8) is 0 Å². The second-order valence-corrected chi connectivity index (χ2v) is 8.45. The topological polar surface area (TPSA) is 57.5 Å². The minimum absolute atomic E-state index is 0.0901. The highest BCUT2D eigenvalue weighted by molar-refractivity contribution is 5.87. The van der Waals surface area contributed by atoms with Crippen LogP contribution >= 0.6 is 0 Å². The summed E-state index contributed by atoms with van der Waals surface area (Å²) in [6, 6.07) is 0. The van der Waals surface area contributed by atoms with E-state index in [9.17, 15) is 15.0 Å². The molecule has 0 aliphatic heterocycles. The first-order valence-corrected chi connectivity index (χ1v) is 9.05. The average Bonchev–Trinajstić information content (AvgIpc) is 2.82. The standard InChI is InChI=1S/C19H28O3/c1-18-8-7-16-14(15(18)4-5-17(18)22)3-2-12-10-13(21)6-9-19(12,16)11-20/h10,13-16,20-21H,2-9,11H2,1H3/t13?,14-,15-,16-,18-,19+/m0/s1. The fourth-order valence-corrected chi connectivity index (χ4v) is 6.57. The highest BCUT2D eigenvalue weighted by Gasteiger charge is 2.59. The highest BCUT2D eigenvalue weighted by Crippen LogP contribution is 2.64. The van der Waals surface area contributed by atoms with E-state index in [1.807, 2.05) is 6.08 Å². The van der Waals surface area contributed by atoms with Crippen molar-refractivity contribution in [2.75, 3.05) is 6.61 Å². The SMILES string of the molecule is C[C@]12CC[C@H]3[C@@H](CCC4=CC(O)CC[C@@]43CO)[C@@H]1CCC2=O. The normalized spacial score (nSPS) is 50.9. The maximum atomic E-state index is 12.4. The zero-order valence-corrected chi connectivity index (χ0v) is 13.6. The van der Waals surface area contributed by atoms with Crippen LogP contribution in [0, 0.1) is 28.6 Å². The van der Waals surface area contributed by atoms with Gasteiger partial charge in [0.2, 0.25) is 0 Å². The van der Waals surface area contributed by atoms with Gasteiger partial charge in [-0.1, -0.05) is 18.6 Å². The molecule has 1 unspecified atom stereocenters. The first-order valence-electron chi connectivity index (χ1n) is 9.05. The third kappa shape index (κ3) is 1.78. The summed E-state index contributed by atoms with van der Waals surface area (Å²) in [5, 5.41) is 20.2. The first-order chi connectivity index (χ1) is 10.5. The number of ketones is 1. The largest absolute Gasteiger partial charge is 0.395 e. The summed E-state index contributed by atoms with van der Waals surface area (Å²) >= 11 is 0. The molecule has 3 nitrogen and oxygen atoms in total. The molecule has 2 N–H and O–H groups in total. The van der Waals surface area contributed by atoms with E-state index in [4.69, 9.17) is 0 Å². The molecule has 0 amide bonds. The van der Waals surface area contributed by atoms with Crippen LogP contribution in [0.25, 0.3) is 0 Å². The maximum Gasteiger partial charge on any atom is 0.139 e. The molecule has 0 heterocycles. The van der Waals surface area contributed by atoms with Crippen molar-refractivity contribution in [2.45, 2.75) is 64.4 Å². The summed E-state index contributed by atoms with van der Waals surface area (Å²) < 4.78 is 0. The molecule has 3 fully saturated rings. The van der Waals surface area contributed by atoms with Gasteiger partial charge in [-0.2, -0.15) is 0 Å². The number of rotatable bonds is 1. The summed E-state index contributed by atoms with van der Waals surface area (Å²) in [6.07, 6.45) is 9.41. The van der Waals surface area contributed by atoms with Crippen LogP contribution in [0.15, 0.2) is 11.6 Å². The summed E-state index contributed by atoms with van der Waals surface area (Å²) in [5.41, 5.74) is 1.12. The number of fused-ring (bicyclic) bond motifs is 5. The Morgan fingerprint density at radius 3 is 2.73 bits per heavy atom. The molecule has 6 atom stereocenters. The quantitative estimate of drug-likeness (QED) is 0.732. The van der Waals surface area contributed by atoms with Crippen molar-refractivity contribution in [3.05, 3.63) is 11.6 Å². The van der Waals surface area contributed by atoms with E-state index in [0.29, 0.717) is 23.5 Å². The van der Waals surface area contributed by atoms with Gasteiger partial charge in [-0.05, 0) is 62.7 Å². The van der Waals surface area contributed by atoms with Crippen molar-refractivity contribution in [2.24, 2.45) is 28.6 Å². The molecule has 3 saturated carbocycles. The van der Waals surface area contributed by atoms with Crippen molar-refractivity contribution in [1.29, 1.82) is 0 Å².